The molecule has 0 spiro atoms. The average Bonchev–Trinajstić information content (AvgIpc) is 2.25. The molecule has 2 N–H and O–H groups in total. The van der Waals surface area contributed by atoms with Crippen LogP contribution in [0.25, 0.3) is 0 Å². The van der Waals surface area contributed by atoms with E-state index in [1.54, 1.807) is 12.1 Å². The average molecular weight is 229 g/mol. The van der Waals surface area contributed by atoms with Crippen molar-refractivity contribution in [2.75, 3.05) is 12.9 Å². The van der Waals surface area contributed by atoms with Gasteiger partial charge in [-0.2, -0.15) is 11.8 Å². The minimum Gasteiger partial charge on any atom is -0.505 e. The first kappa shape index (κ1) is 12.3. The first-order valence-electron chi connectivity index (χ1n) is 4.65. The van der Waals surface area contributed by atoms with Gasteiger partial charge >= 0.3 is 0 Å². The Labute approximate surface area is 93.1 Å². The molecule has 0 aliphatic heterocycles. The van der Waals surface area contributed by atoms with Crippen LogP contribution in [-0.4, -0.2) is 23.1 Å². The highest BCUT2D eigenvalue weighted by molar-refractivity contribution is 7.98. The van der Waals surface area contributed by atoms with Gasteiger partial charge in [0.15, 0.2) is 11.6 Å². The van der Waals surface area contributed by atoms with Crippen LogP contribution in [0.2, 0.25) is 0 Å². The van der Waals surface area contributed by atoms with Crippen LogP contribution >= 0.6 is 11.8 Å². The van der Waals surface area contributed by atoms with Crippen LogP contribution in [0.1, 0.15) is 17.2 Å². The van der Waals surface area contributed by atoms with Gasteiger partial charge in [-0.25, -0.2) is 4.39 Å². The quantitative estimate of drug-likeness (QED) is 0.815. The lowest BCUT2D eigenvalue weighted by Gasteiger charge is -2.15. The van der Waals surface area contributed by atoms with Crippen molar-refractivity contribution in [2.24, 2.45) is 0 Å². The van der Waals surface area contributed by atoms with Gasteiger partial charge in [-0.3, -0.25) is 0 Å². The molecule has 0 fully saturated rings. The van der Waals surface area contributed by atoms with E-state index < -0.39 is 5.82 Å². The number of phenols is 1. The molecule has 0 aromatic heterocycles. The van der Waals surface area contributed by atoms with Crippen molar-refractivity contribution in [3.05, 3.63) is 36.0 Å². The number of rotatable bonds is 5. The minimum absolute atomic E-state index is 0.0626. The second-order valence-corrected chi connectivity index (χ2v) is 4.06. The number of aromatic hydroxyl groups is 1. The lowest BCUT2D eigenvalue weighted by atomic mass is 10.1. The van der Waals surface area contributed by atoms with Gasteiger partial charge in [-0.1, -0.05) is 12.1 Å². The number of benzene rings is 1. The zero-order valence-corrected chi connectivity index (χ0v) is 9.30. The summed E-state index contributed by atoms with van der Waals surface area (Å²) in [7, 11) is 0. The highest BCUT2D eigenvalue weighted by atomic mass is 32.2. The standard InChI is InChI=1S/C11H14FO2S/c1-15-10(6-3-7-13)8-4-2-5-9(12)11(8)14/h2,4-6,10,13-14H,3,7H2,1H3. The smallest absolute Gasteiger partial charge is 0.165 e. The largest absolute Gasteiger partial charge is 0.505 e. The molecule has 83 valence electrons. The highest BCUT2D eigenvalue weighted by Crippen LogP contribution is 2.36. The summed E-state index contributed by atoms with van der Waals surface area (Å²) in [5.74, 6) is -0.907. The van der Waals surface area contributed by atoms with Crippen LogP contribution in [0.5, 0.6) is 5.75 Å². The van der Waals surface area contributed by atoms with Crippen molar-refractivity contribution in [1.29, 1.82) is 0 Å². The molecule has 0 heterocycles. The van der Waals surface area contributed by atoms with Crippen LogP contribution < -0.4 is 0 Å². The summed E-state index contributed by atoms with van der Waals surface area (Å²) in [5, 5.41) is 18.1. The van der Waals surface area contributed by atoms with E-state index in [0.717, 1.165) is 0 Å². The first-order chi connectivity index (χ1) is 7.20. The zero-order valence-electron chi connectivity index (χ0n) is 8.48. The molecule has 15 heavy (non-hydrogen) atoms. The molecule has 1 radical (unpaired) electrons. The molecule has 0 saturated carbocycles. The van der Waals surface area contributed by atoms with Crippen LogP contribution in [-0.2, 0) is 0 Å². The van der Waals surface area contributed by atoms with E-state index in [-0.39, 0.29) is 17.6 Å². The fourth-order valence-electron chi connectivity index (χ4n) is 1.34. The van der Waals surface area contributed by atoms with E-state index in [2.05, 4.69) is 0 Å². The van der Waals surface area contributed by atoms with Crippen LogP contribution in [0.3, 0.4) is 0 Å². The molecule has 1 aromatic carbocycles. The van der Waals surface area contributed by atoms with E-state index in [4.69, 9.17) is 5.11 Å². The Morgan fingerprint density at radius 3 is 2.87 bits per heavy atom. The number of phenolic OH excluding ortho intramolecular Hbond substituents is 1. The topological polar surface area (TPSA) is 40.5 Å². The Kier molecular flexibility index (Phi) is 4.91. The van der Waals surface area contributed by atoms with Gasteiger partial charge in [-0.05, 0) is 25.2 Å². The van der Waals surface area contributed by atoms with Crippen LogP contribution in [0.15, 0.2) is 18.2 Å². The molecule has 1 unspecified atom stereocenters. The molecule has 0 saturated heterocycles. The lowest BCUT2D eigenvalue weighted by Crippen LogP contribution is -1.98. The molecule has 1 atom stereocenters. The molecule has 0 bridgehead atoms. The summed E-state index contributed by atoms with van der Waals surface area (Å²) in [6.45, 7) is 0.0626. The van der Waals surface area contributed by atoms with Crippen molar-refractivity contribution in [3.8, 4) is 5.75 Å². The number of para-hydroxylation sites is 1. The maximum atomic E-state index is 13.1. The van der Waals surface area contributed by atoms with Gasteiger partial charge in [0, 0.05) is 17.4 Å². The minimum atomic E-state index is -0.607. The van der Waals surface area contributed by atoms with Crippen molar-refractivity contribution in [2.45, 2.75) is 11.7 Å². The third-order valence-electron chi connectivity index (χ3n) is 2.09. The van der Waals surface area contributed by atoms with Gasteiger partial charge in [0.05, 0.1) is 0 Å². The number of hydrogen-bond donors (Lipinski definition) is 2. The molecular formula is C11H14FO2S. The molecular weight excluding hydrogens is 215 g/mol. The Hall–Kier alpha value is -0.740. The van der Waals surface area contributed by atoms with Crippen LogP contribution in [0.4, 0.5) is 4.39 Å². The Morgan fingerprint density at radius 2 is 2.27 bits per heavy atom. The number of aliphatic hydroxyl groups is 1. The van der Waals surface area contributed by atoms with Crippen molar-refractivity contribution in [3.63, 3.8) is 0 Å². The van der Waals surface area contributed by atoms with Crippen molar-refractivity contribution >= 4 is 11.8 Å². The van der Waals surface area contributed by atoms with E-state index in [1.165, 1.54) is 17.8 Å². The van der Waals surface area contributed by atoms with Crippen LogP contribution in [0, 0.1) is 12.2 Å². The second-order valence-electron chi connectivity index (χ2n) is 3.08. The molecule has 0 aliphatic rings. The first-order valence-corrected chi connectivity index (χ1v) is 5.93. The lowest BCUT2D eigenvalue weighted by molar-refractivity contribution is 0.297. The Balaban J connectivity index is 2.86. The van der Waals surface area contributed by atoms with Gasteiger partial charge in [0.25, 0.3) is 0 Å². The Bertz CT molecular complexity index is 317. The normalized spacial score (nSPS) is 12.7. The number of aliphatic hydroxyl groups excluding tert-OH is 1. The van der Waals surface area contributed by atoms with Crippen molar-refractivity contribution in [1.82, 2.24) is 0 Å². The van der Waals surface area contributed by atoms with E-state index in [9.17, 15) is 9.50 Å². The monoisotopic (exact) mass is 229 g/mol. The summed E-state index contributed by atoms with van der Waals surface area (Å²) < 4.78 is 13.1. The summed E-state index contributed by atoms with van der Waals surface area (Å²) in [6.07, 6.45) is 4.27. The molecule has 1 rings (SSSR count). The van der Waals surface area contributed by atoms with Gasteiger partial charge in [0.2, 0.25) is 0 Å². The molecule has 2 nitrogen and oxygen atoms in total. The summed E-state index contributed by atoms with van der Waals surface area (Å²) in [4.78, 5) is 0. The maximum Gasteiger partial charge on any atom is 0.165 e. The number of hydrogen-bond acceptors (Lipinski definition) is 3. The predicted molar refractivity (Wildman–Crippen MR) is 60.3 cm³/mol. The number of thioether (sulfide) groups is 1. The fourth-order valence-corrected chi connectivity index (χ4v) is 2.11. The summed E-state index contributed by atoms with van der Waals surface area (Å²) >= 11 is 1.49. The molecule has 0 aliphatic carbocycles. The maximum absolute atomic E-state index is 13.1. The predicted octanol–water partition coefficient (Wildman–Crippen LogP) is 2.52. The number of halogens is 1. The molecule has 1 aromatic rings. The van der Waals surface area contributed by atoms with E-state index in [0.29, 0.717) is 12.0 Å². The summed E-state index contributed by atoms with van der Waals surface area (Å²) in [5.41, 5.74) is 0.552. The third-order valence-corrected chi connectivity index (χ3v) is 3.04. The van der Waals surface area contributed by atoms with E-state index in [1.807, 2.05) is 12.7 Å². The zero-order chi connectivity index (χ0) is 11.3. The SMILES string of the molecule is CSC([CH]CCO)c1cccc(F)c1O. The van der Waals surface area contributed by atoms with Crippen molar-refractivity contribution < 1.29 is 14.6 Å². The molecule has 0 amide bonds. The van der Waals surface area contributed by atoms with Gasteiger partial charge in [0.1, 0.15) is 0 Å². The van der Waals surface area contributed by atoms with Gasteiger partial charge < -0.3 is 10.2 Å². The third kappa shape index (κ3) is 3.11. The fraction of sp³-hybridized carbons (Fsp3) is 0.364. The second kappa shape index (κ2) is 5.98. The van der Waals surface area contributed by atoms with E-state index >= 15 is 0 Å². The summed E-state index contributed by atoms with van der Waals surface area (Å²) in [6, 6.07) is 4.48. The highest BCUT2D eigenvalue weighted by Gasteiger charge is 2.16. The Morgan fingerprint density at radius 1 is 1.53 bits per heavy atom. The molecule has 4 heteroatoms. The van der Waals surface area contributed by atoms with Gasteiger partial charge in [-0.15, -0.1) is 0 Å².